The number of rotatable bonds is 3. The van der Waals surface area contributed by atoms with E-state index in [0.29, 0.717) is 30.5 Å². The van der Waals surface area contributed by atoms with Crippen molar-refractivity contribution in [3.8, 4) is 0 Å². The minimum Gasteiger partial charge on any atom is -0.481 e. The molecule has 2 heterocycles. The lowest BCUT2D eigenvalue weighted by Gasteiger charge is -2.31. The second-order valence-corrected chi connectivity index (χ2v) is 8.43. The van der Waals surface area contributed by atoms with Gasteiger partial charge in [-0.25, -0.2) is 0 Å². The zero-order chi connectivity index (χ0) is 21.0. The predicted octanol–water partition coefficient (Wildman–Crippen LogP) is 2.96. The van der Waals surface area contributed by atoms with E-state index in [2.05, 4.69) is 5.32 Å². The summed E-state index contributed by atoms with van der Waals surface area (Å²) in [6.07, 6.45) is 3.45. The van der Waals surface area contributed by atoms with Crippen molar-refractivity contribution in [1.29, 1.82) is 0 Å². The highest BCUT2D eigenvalue weighted by atomic mass is 16.4. The van der Waals surface area contributed by atoms with E-state index in [9.17, 15) is 24.3 Å². The van der Waals surface area contributed by atoms with E-state index in [1.54, 1.807) is 6.07 Å². The van der Waals surface area contributed by atoms with Crippen molar-refractivity contribution in [3.63, 3.8) is 0 Å². The zero-order valence-corrected chi connectivity index (χ0v) is 16.4. The summed E-state index contributed by atoms with van der Waals surface area (Å²) < 4.78 is 0. The summed E-state index contributed by atoms with van der Waals surface area (Å²) in [7, 11) is 0. The summed E-state index contributed by atoms with van der Waals surface area (Å²) in [6.45, 7) is 0. The zero-order valence-electron chi connectivity index (χ0n) is 16.4. The van der Waals surface area contributed by atoms with Crippen LogP contribution < -0.4 is 10.2 Å². The predicted molar refractivity (Wildman–Crippen MR) is 109 cm³/mol. The summed E-state index contributed by atoms with van der Waals surface area (Å²) in [6, 6.07) is 8.87. The van der Waals surface area contributed by atoms with Crippen molar-refractivity contribution in [3.05, 3.63) is 41.5 Å². The van der Waals surface area contributed by atoms with E-state index < -0.39 is 17.9 Å². The van der Waals surface area contributed by atoms with Gasteiger partial charge in [0, 0.05) is 17.4 Å². The number of nitrogens with one attached hydrogen (secondary N) is 1. The molecule has 30 heavy (non-hydrogen) atoms. The topological polar surface area (TPSA) is 104 Å². The molecule has 3 aliphatic rings. The number of nitrogens with zero attached hydrogens (tertiary/aromatic N) is 1. The maximum Gasteiger partial charge on any atom is 0.306 e. The highest BCUT2D eigenvalue weighted by Crippen LogP contribution is 2.45. The Morgan fingerprint density at radius 2 is 1.77 bits per heavy atom. The van der Waals surface area contributed by atoms with E-state index >= 15 is 0 Å². The summed E-state index contributed by atoms with van der Waals surface area (Å²) >= 11 is 0. The molecule has 7 nitrogen and oxygen atoms in total. The van der Waals surface area contributed by atoms with Crippen LogP contribution in [0.15, 0.2) is 30.3 Å². The first-order chi connectivity index (χ1) is 14.5. The number of hydrogen-bond acceptors (Lipinski definition) is 4. The van der Waals surface area contributed by atoms with Crippen LogP contribution in [0.3, 0.4) is 0 Å². The molecule has 2 aromatic rings. The number of carboxylic acids is 1. The lowest BCUT2D eigenvalue weighted by molar-refractivity contribution is -0.143. The lowest BCUT2D eigenvalue weighted by Crippen LogP contribution is -2.53. The van der Waals surface area contributed by atoms with E-state index in [4.69, 9.17) is 0 Å². The Morgan fingerprint density at radius 1 is 1.00 bits per heavy atom. The van der Waals surface area contributed by atoms with Crippen LogP contribution in [-0.2, 0) is 14.4 Å². The average Bonchev–Trinajstić information content (AvgIpc) is 3.02. The number of aliphatic carboxylic acids is 1. The number of hydrogen-bond donors (Lipinski definition) is 2. The standard InChI is InChI=1S/C23H22N2O5/c26-19-11-10-18(21(27)24-19)25-17-9-8-14(12-4-6-13(7-5-12)23(29)30)15-2-1-3-16(20(15)17)22(25)28/h1-3,8-9,12-13,18H,4-7,10-11H2,(H,29,30)(H,24,26,27)/t12-,13+,18?. The van der Waals surface area contributed by atoms with Gasteiger partial charge in [-0.2, -0.15) is 0 Å². The molecular formula is C23H22N2O5. The molecule has 0 aromatic heterocycles. The fourth-order valence-electron chi connectivity index (χ4n) is 5.27. The first kappa shape index (κ1) is 18.8. The quantitative estimate of drug-likeness (QED) is 0.763. The summed E-state index contributed by atoms with van der Waals surface area (Å²) in [5.74, 6) is -1.70. The molecule has 1 aliphatic carbocycles. The Labute approximate surface area is 173 Å². The van der Waals surface area contributed by atoms with Crippen LogP contribution in [0.5, 0.6) is 0 Å². The minimum absolute atomic E-state index is 0.211. The van der Waals surface area contributed by atoms with Crippen LogP contribution in [0.2, 0.25) is 0 Å². The van der Waals surface area contributed by atoms with Gasteiger partial charge in [-0.3, -0.25) is 29.4 Å². The largest absolute Gasteiger partial charge is 0.481 e. The van der Waals surface area contributed by atoms with Gasteiger partial charge < -0.3 is 5.11 Å². The van der Waals surface area contributed by atoms with Crippen LogP contribution in [0.25, 0.3) is 10.8 Å². The van der Waals surface area contributed by atoms with Crippen LogP contribution in [0.1, 0.15) is 60.4 Å². The number of benzene rings is 2. The van der Waals surface area contributed by atoms with Gasteiger partial charge >= 0.3 is 5.97 Å². The molecule has 1 unspecified atom stereocenters. The monoisotopic (exact) mass is 406 g/mol. The van der Waals surface area contributed by atoms with Gasteiger partial charge in [0.2, 0.25) is 11.8 Å². The number of amides is 3. The summed E-state index contributed by atoms with van der Waals surface area (Å²) in [4.78, 5) is 50.0. The molecule has 7 heteroatoms. The number of anilines is 1. The van der Waals surface area contributed by atoms with Crippen molar-refractivity contribution in [2.75, 3.05) is 4.90 Å². The molecule has 3 amide bonds. The molecule has 154 valence electrons. The van der Waals surface area contributed by atoms with Crippen LogP contribution >= 0.6 is 0 Å². The third-order valence-corrected chi connectivity index (χ3v) is 6.80. The fourth-order valence-corrected chi connectivity index (χ4v) is 5.27. The molecule has 1 saturated carbocycles. The Balaban J connectivity index is 1.53. The van der Waals surface area contributed by atoms with Crippen LogP contribution in [0.4, 0.5) is 5.69 Å². The summed E-state index contributed by atoms with van der Waals surface area (Å²) in [5.41, 5.74) is 2.42. The number of carboxylic acid groups (broad SMARTS) is 1. The average molecular weight is 406 g/mol. The molecule has 2 fully saturated rings. The highest BCUT2D eigenvalue weighted by Gasteiger charge is 2.41. The van der Waals surface area contributed by atoms with Crippen molar-refractivity contribution in [1.82, 2.24) is 5.32 Å². The van der Waals surface area contributed by atoms with Gasteiger partial charge in [0.1, 0.15) is 6.04 Å². The van der Waals surface area contributed by atoms with E-state index in [-0.39, 0.29) is 30.1 Å². The van der Waals surface area contributed by atoms with Crippen molar-refractivity contribution in [2.24, 2.45) is 5.92 Å². The van der Waals surface area contributed by atoms with Gasteiger partial charge in [0.15, 0.2) is 0 Å². The molecular weight excluding hydrogens is 384 g/mol. The van der Waals surface area contributed by atoms with Gasteiger partial charge in [0.05, 0.1) is 11.6 Å². The van der Waals surface area contributed by atoms with Crippen molar-refractivity contribution in [2.45, 2.75) is 50.5 Å². The first-order valence-corrected chi connectivity index (χ1v) is 10.4. The van der Waals surface area contributed by atoms with Crippen molar-refractivity contribution >= 4 is 40.2 Å². The van der Waals surface area contributed by atoms with E-state index in [0.717, 1.165) is 29.2 Å². The Kier molecular flexibility index (Phi) is 4.34. The number of carbonyl (C=O) groups excluding carboxylic acids is 3. The molecule has 1 saturated heterocycles. The molecule has 0 radical (unpaired) electrons. The maximum atomic E-state index is 13.2. The molecule has 5 rings (SSSR count). The normalized spacial score (nSPS) is 26.2. The number of piperidine rings is 1. The summed E-state index contributed by atoms with van der Waals surface area (Å²) in [5, 5.41) is 13.5. The van der Waals surface area contributed by atoms with Gasteiger partial charge in [-0.1, -0.05) is 18.2 Å². The second kappa shape index (κ2) is 6.93. The molecule has 0 bridgehead atoms. The first-order valence-electron chi connectivity index (χ1n) is 10.4. The number of imide groups is 1. The Morgan fingerprint density at radius 3 is 2.47 bits per heavy atom. The van der Waals surface area contributed by atoms with E-state index in [1.165, 1.54) is 4.90 Å². The Hall–Kier alpha value is -3.22. The fraction of sp³-hybridized carbons (Fsp3) is 0.391. The molecule has 0 spiro atoms. The minimum atomic E-state index is -0.723. The third kappa shape index (κ3) is 2.80. The maximum absolute atomic E-state index is 13.2. The van der Waals surface area contributed by atoms with Crippen LogP contribution in [-0.4, -0.2) is 34.8 Å². The highest BCUT2D eigenvalue weighted by molar-refractivity contribution is 6.27. The third-order valence-electron chi connectivity index (χ3n) is 6.80. The number of carbonyl (C=O) groups is 4. The van der Waals surface area contributed by atoms with Gasteiger partial charge in [0.25, 0.3) is 5.91 Å². The van der Waals surface area contributed by atoms with Crippen molar-refractivity contribution < 1.29 is 24.3 Å². The Bertz CT molecular complexity index is 1100. The van der Waals surface area contributed by atoms with Gasteiger partial charge in [-0.15, -0.1) is 0 Å². The lowest BCUT2D eigenvalue weighted by atomic mass is 9.77. The molecule has 2 aromatic carbocycles. The SMILES string of the molecule is O=C1CCC(N2C(=O)c3cccc4c3c2ccc4[C@H]2CC[C@@H](C(=O)O)CC2)C(=O)N1. The molecule has 2 aliphatic heterocycles. The van der Waals surface area contributed by atoms with E-state index in [1.807, 2.05) is 24.3 Å². The van der Waals surface area contributed by atoms with Crippen LogP contribution in [0, 0.1) is 5.92 Å². The smallest absolute Gasteiger partial charge is 0.306 e. The molecule has 2 N–H and O–H groups in total. The molecule has 1 atom stereocenters. The second-order valence-electron chi connectivity index (χ2n) is 8.43. The van der Waals surface area contributed by atoms with Gasteiger partial charge in [-0.05, 0) is 61.1 Å².